The molecule has 1 unspecified atom stereocenters. The van der Waals surface area contributed by atoms with Crippen LogP contribution in [0.2, 0.25) is 0 Å². The average Bonchev–Trinajstić information content (AvgIpc) is 2.63. The van der Waals surface area contributed by atoms with Crippen LogP contribution in [-0.4, -0.2) is 36.6 Å². The van der Waals surface area contributed by atoms with Crippen molar-refractivity contribution in [2.24, 2.45) is 0 Å². The Hall–Kier alpha value is -2.07. The highest BCUT2D eigenvalue weighted by Crippen LogP contribution is 2.31. The second kappa shape index (κ2) is 8.15. The van der Waals surface area contributed by atoms with Gasteiger partial charge in [-0.2, -0.15) is 0 Å². The molecule has 1 saturated heterocycles. The Bertz CT molecular complexity index is 653. The smallest absolute Gasteiger partial charge is 0.126 e. The molecule has 0 aliphatic carbocycles. The lowest BCUT2D eigenvalue weighted by molar-refractivity contribution is 0.167. The van der Waals surface area contributed by atoms with E-state index in [-0.39, 0.29) is 0 Å². The molecule has 1 N–H and O–H groups in total. The molecule has 0 saturated carbocycles. The highest BCUT2D eigenvalue weighted by Gasteiger charge is 2.24. The average molecular weight is 325 g/mol. The number of nitrogens with zero attached hydrogens (tertiary/aromatic N) is 2. The summed E-state index contributed by atoms with van der Waals surface area (Å²) < 4.78 is 5.62. The fourth-order valence-electron chi connectivity index (χ4n) is 3.45. The molecule has 0 bridgehead atoms. The molecule has 1 aliphatic rings. The summed E-state index contributed by atoms with van der Waals surface area (Å²) in [5, 5.41) is 3.52. The number of aryl methyl sites for hydroxylation is 1. The highest BCUT2D eigenvalue weighted by molar-refractivity contribution is 5.39. The third-order valence-electron chi connectivity index (χ3n) is 4.69. The first-order chi connectivity index (χ1) is 11.8. The van der Waals surface area contributed by atoms with E-state index in [0.29, 0.717) is 6.04 Å². The number of rotatable bonds is 6. The van der Waals surface area contributed by atoms with Crippen LogP contribution in [0.15, 0.2) is 42.5 Å². The molecule has 0 spiro atoms. The second-order valence-corrected chi connectivity index (χ2v) is 6.40. The van der Waals surface area contributed by atoms with Crippen molar-refractivity contribution < 1.29 is 4.74 Å². The van der Waals surface area contributed by atoms with Crippen molar-refractivity contribution in [3.05, 3.63) is 53.7 Å². The van der Waals surface area contributed by atoms with Gasteiger partial charge in [-0.15, -0.1) is 0 Å². The number of piperidine rings is 1. The number of anilines is 1. The Kier molecular flexibility index (Phi) is 5.70. The molecule has 1 atom stereocenters. The third-order valence-corrected chi connectivity index (χ3v) is 4.69. The van der Waals surface area contributed by atoms with Crippen LogP contribution >= 0.6 is 0 Å². The first kappa shape index (κ1) is 16.8. The zero-order valence-electron chi connectivity index (χ0n) is 14.7. The zero-order chi connectivity index (χ0) is 16.8. The van der Waals surface area contributed by atoms with Crippen LogP contribution in [0.1, 0.15) is 36.6 Å². The van der Waals surface area contributed by atoms with Crippen molar-refractivity contribution >= 4 is 5.82 Å². The Labute approximate surface area is 144 Å². The summed E-state index contributed by atoms with van der Waals surface area (Å²) in [5.41, 5.74) is 2.29. The third kappa shape index (κ3) is 4.06. The second-order valence-electron chi connectivity index (χ2n) is 6.40. The van der Waals surface area contributed by atoms with E-state index in [0.717, 1.165) is 36.9 Å². The van der Waals surface area contributed by atoms with E-state index in [1.54, 1.807) is 7.11 Å². The van der Waals surface area contributed by atoms with E-state index >= 15 is 0 Å². The maximum atomic E-state index is 5.62. The summed E-state index contributed by atoms with van der Waals surface area (Å²) in [6.45, 7) is 5.14. The summed E-state index contributed by atoms with van der Waals surface area (Å²) in [7, 11) is 1.75. The van der Waals surface area contributed by atoms with E-state index < -0.39 is 0 Å². The van der Waals surface area contributed by atoms with Crippen molar-refractivity contribution in [3.8, 4) is 5.75 Å². The van der Waals surface area contributed by atoms with Gasteiger partial charge in [0, 0.05) is 17.8 Å². The van der Waals surface area contributed by atoms with Crippen LogP contribution in [-0.2, 0) is 0 Å². The number of ether oxygens (including phenoxy) is 1. The van der Waals surface area contributed by atoms with Gasteiger partial charge >= 0.3 is 0 Å². The summed E-state index contributed by atoms with van der Waals surface area (Å²) in [4.78, 5) is 7.14. The molecule has 1 aromatic carbocycles. The number of nitrogens with one attached hydrogen (secondary N) is 1. The van der Waals surface area contributed by atoms with Crippen molar-refractivity contribution in [1.82, 2.24) is 9.88 Å². The predicted octanol–water partition coefficient (Wildman–Crippen LogP) is 4.04. The lowest BCUT2D eigenvalue weighted by Crippen LogP contribution is -2.37. The number of aromatic nitrogens is 1. The minimum Gasteiger partial charge on any atom is -0.496 e. The molecular formula is C20H27N3O. The first-order valence-electron chi connectivity index (χ1n) is 8.82. The fraction of sp³-hybridized carbons (Fsp3) is 0.450. The van der Waals surface area contributed by atoms with Gasteiger partial charge in [-0.05, 0) is 51.1 Å². The Balaban J connectivity index is 1.81. The molecule has 0 amide bonds. The SMILES string of the molecule is COc1ccccc1C(CNc1cccc(C)n1)N1CCCCC1. The molecule has 128 valence electrons. The molecule has 1 aliphatic heterocycles. The van der Waals surface area contributed by atoms with E-state index in [1.165, 1.54) is 24.8 Å². The quantitative estimate of drug-likeness (QED) is 0.870. The maximum absolute atomic E-state index is 5.62. The number of benzene rings is 1. The van der Waals surface area contributed by atoms with E-state index in [9.17, 15) is 0 Å². The topological polar surface area (TPSA) is 37.4 Å². The van der Waals surface area contributed by atoms with Gasteiger partial charge in [-0.1, -0.05) is 30.7 Å². The number of methoxy groups -OCH3 is 1. The van der Waals surface area contributed by atoms with Crippen LogP contribution in [0.3, 0.4) is 0 Å². The normalized spacial score (nSPS) is 16.6. The standard InChI is InChI=1S/C20H27N3O/c1-16-9-8-12-20(22-16)21-15-18(23-13-6-3-7-14-23)17-10-4-5-11-19(17)24-2/h4-5,8-12,18H,3,6-7,13-15H2,1-2H3,(H,21,22). The Morgan fingerprint density at radius 1 is 1.08 bits per heavy atom. The van der Waals surface area contributed by atoms with Gasteiger partial charge in [-0.3, -0.25) is 4.90 Å². The molecule has 3 rings (SSSR count). The number of hydrogen-bond donors (Lipinski definition) is 1. The van der Waals surface area contributed by atoms with Gasteiger partial charge in [0.1, 0.15) is 11.6 Å². The monoisotopic (exact) mass is 325 g/mol. The van der Waals surface area contributed by atoms with Crippen LogP contribution in [0, 0.1) is 6.92 Å². The summed E-state index contributed by atoms with van der Waals surface area (Å²) in [6, 6.07) is 14.8. The van der Waals surface area contributed by atoms with E-state index in [1.807, 2.05) is 31.2 Å². The van der Waals surface area contributed by atoms with Crippen LogP contribution in [0.4, 0.5) is 5.82 Å². The van der Waals surface area contributed by atoms with Gasteiger partial charge in [-0.25, -0.2) is 4.98 Å². The maximum Gasteiger partial charge on any atom is 0.126 e. The fourth-order valence-corrected chi connectivity index (χ4v) is 3.45. The number of hydrogen-bond acceptors (Lipinski definition) is 4. The molecule has 2 aromatic rings. The largest absolute Gasteiger partial charge is 0.496 e. The Morgan fingerprint density at radius 3 is 2.62 bits per heavy atom. The number of likely N-dealkylation sites (tertiary alicyclic amines) is 1. The summed E-state index contributed by atoms with van der Waals surface area (Å²) in [5.74, 6) is 1.90. The lowest BCUT2D eigenvalue weighted by Gasteiger charge is -2.35. The number of pyridine rings is 1. The van der Waals surface area contributed by atoms with Gasteiger partial charge in [0.05, 0.1) is 13.2 Å². The van der Waals surface area contributed by atoms with Gasteiger partial charge < -0.3 is 10.1 Å². The van der Waals surface area contributed by atoms with Gasteiger partial charge in [0.15, 0.2) is 0 Å². The zero-order valence-corrected chi connectivity index (χ0v) is 14.7. The summed E-state index contributed by atoms with van der Waals surface area (Å²) in [6.07, 6.45) is 3.88. The Morgan fingerprint density at radius 2 is 1.88 bits per heavy atom. The molecule has 4 nitrogen and oxygen atoms in total. The molecule has 1 fully saturated rings. The van der Waals surface area contributed by atoms with Crippen LogP contribution in [0.5, 0.6) is 5.75 Å². The lowest BCUT2D eigenvalue weighted by atomic mass is 10.0. The van der Waals surface area contributed by atoms with Crippen molar-refractivity contribution in [2.75, 3.05) is 32.1 Å². The first-order valence-corrected chi connectivity index (χ1v) is 8.82. The van der Waals surface area contributed by atoms with Crippen molar-refractivity contribution in [2.45, 2.75) is 32.2 Å². The van der Waals surface area contributed by atoms with Gasteiger partial charge in [0.2, 0.25) is 0 Å². The van der Waals surface area contributed by atoms with E-state index in [4.69, 9.17) is 4.74 Å². The minimum atomic E-state index is 0.295. The molecule has 24 heavy (non-hydrogen) atoms. The van der Waals surface area contributed by atoms with Crippen molar-refractivity contribution in [1.29, 1.82) is 0 Å². The highest BCUT2D eigenvalue weighted by atomic mass is 16.5. The van der Waals surface area contributed by atoms with Crippen molar-refractivity contribution in [3.63, 3.8) is 0 Å². The predicted molar refractivity (Wildman–Crippen MR) is 98.6 cm³/mol. The van der Waals surface area contributed by atoms with E-state index in [2.05, 4.69) is 33.4 Å². The number of para-hydroxylation sites is 1. The molecule has 4 heteroatoms. The summed E-state index contributed by atoms with van der Waals surface area (Å²) >= 11 is 0. The van der Waals surface area contributed by atoms with Crippen LogP contribution in [0.25, 0.3) is 0 Å². The molecule has 1 aromatic heterocycles. The van der Waals surface area contributed by atoms with Gasteiger partial charge in [0.25, 0.3) is 0 Å². The molecule has 0 radical (unpaired) electrons. The van der Waals surface area contributed by atoms with Crippen LogP contribution < -0.4 is 10.1 Å². The minimum absolute atomic E-state index is 0.295. The molecular weight excluding hydrogens is 298 g/mol. The molecule has 2 heterocycles.